The maximum Gasteiger partial charge on any atom is 2.00 e. The second-order valence-electron chi connectivity index (χ2n) is 15.8. The summed E-state index contributed by atoms with van der Waals surface area (Å²) in [5.74, 6) is 1.19. The fourth-order valence-electron chi connectivity index (χ4n) is 9.71. The number of nitrogens with zero attached hydrogens (tertiary/aromatic N) is 4. The van der Waals surface area contributed by atoms with E-state index in [1.54, 1.807) is 0 Å². The van der Waals surface area contributed by atoms with Crippen LogP contribution in [-0.2, 0) is 20.4 Å². The number of aryl methyl sites for hydroxylation is 4. The van der Waals surface area contributed by atoms with Crippen molar-refractivity contribution in [1.29, 1.82) is 0 Å². The van der Waals surface area contributed by atoms with Crippen molar-refractivity contribution in [2.24, 2.45) is 0 Å². The molecule has 0 aliphatic rings. The van der Waals surface area contributed by atoms with Gasteiger partial charge in [0.1, 0.15) is 0 Å². The molecule has 0 aliphatic carbocycles. The van der Waals surface area contributed by atoms with Crippen molar-refractivity contribution in [3.05, 3.63) is 180 Å². The summed E-state index contributed by atoms with van der Waals surface area (Å²) in [6.45, 7) is 8.77. The summed E-state index contributed by atoms with van der Waals surface area (Å²) in [5, 5.41) is 6.22. The number of fused-ring (bicyclic) bond motifs is 16. The molecule has 0 spiro atoms. The van der Waals surface area contributed by atoms with Gasteiger partial charge in [-0.15, -0.1) is 12.1 Å². The molecule has 8 aromatic carbocycles. The van der Waals surface area contributed by atoms with Gasteiger partial charge in [0, 0.05) is 33.7 Å². The first-order valence-electron chi connectivity index (χ1n) is 20.1. The van der Waals surface area contributed by atoms with Crippen LogP contribution in [0.15, 0.2) is 146 Å². The summed E-state index contributed by atoms with van der Waals surface area (Å²) < 4.78 is 11.4. The molecule has 0 fully saturated rings. The van der Waals surface area contributed by atoms with E-state index in [0.717, 1.165) is 76.7 Å². The second kappa shape index (κ2) is 13.6. The van der Waals surface area contributed by atoms with Gasteiger partial charge in [-0.25, -0.2) is 0 Å². The Morgan fingerprint density at radius 3 is 1.25 bits per heavy atom. The number of benzene rings is 8. The van der Waals surface area contributed by atoms with Gasteiger partial charge in [-0.05, 0) is 96.1 Å². The molecule has 0 saturated carbocycles. The van der Waals surface area contributed by atoms with E-state index in [-0.39, 0.29) is 20.4 Å². The third-order valence-electron chi connectivity index (χ3n) is 12.2. The van der Waals surface area contributed by atoms with E-state index in [1.165, 1.54) is 44.5 Å². The van der Waals surface area contributed by atoms with E-state index in [9.17, 15) is 0 Å². The van der Waals surface area contributed by atoms with Crippen LogP contribution >= 0.6 is 0 Å². The fraction of sp³-hybridized carbons (Fsp3) is 0.0741. The predicted molar refractivity (Wildman–Crippen MR) is 243 cm³/mol. The molecule has 0 radical (unpaired) electrons. The van der Waals surface area contributed by atoms with Gasteiger partial charge in [0.2, 0.25) is 0 Å². The molecular weight excluding hydrogens is 827 g/mol. The Morgan fingerprint density at radius 1 is 0.417 bits per heavy atom. The first-order valence-corrected chi connectivity index (χ1v) is 20.1. The summed E-state index contributed by atoms with van der Waals surface area (Å²) in [6.07, 6.45) is 0. The summed E-state index contributed by atoms with van der Waals surface area (Å²) >= 11 is 0. The van der Waals surface area contributed by atoms with Crippen LogP contribution in [-0.4, -0.2) is 18.8 Å². The van der Waals surface area contributed by atoms with Crippen LogP contribution in [0.5, 0.6) is 11.5 Å². The number of rotatable bonds is 4. The average Bonchev–Trinajstić information content (AvgIpc) is 3.84. The number of aromatic nitrogens is 4. The standard InChI is InChI=1S/C54H36N4O.Pd/c1-31-13-9-14-32(2)49(31)41-19-11-17-39-37-27-25-35(29-43(37)53-55-45-21-5-7-23-47(45)57(53)51(39)41)59-36-26-28-38-40-18-12-20-42(50-33(3)15-10-16-34(50)4)52(40)58-48-24-8-6-22-46(48)56-54(58)44(38)30-36;/h5-28H,1-4H3;/q-2;+2. The topological polar surface area (TPSA) is 43.8 Å². The molecule has 0 atom stereocenters. The van der Waals surface area contributed by atoms with Crippen LogP contribution in [0.2, 0.25) is 0 Å². The van der Waals surface area contributed by atoms with Crippen molar-refractivity contribution in [3.63, 3.8) is 0 Å². The van der Waals surface area contributed by atoms with E-state index in [1.807, 2.05) is 24.3 Å². The van der Waals surface area contributed by atoms with Gasteiger partial charge in [0.05, 0.1) is 33.4 Å². The Bertz CT molecular complexity index is 3480. The van der Waals surface area contributed by atoms with Crippen molar-refractivity contribution in [1.82, 2.24) is 18.8 Å². The van der Waals surface area contributed by atoms with Crippen molar-refractivity contribution >= 4 is 76.7 Å². The molecule has 4 aromatic heterocycles. The van der Waals surface area contributed by atoms with Crippen molar-refractivity contribution in [3.8, 4) is 33.8 Å². The molecule has 0 N–H and O–H groups in total. The minimum absolute atomic E-state index is 0. The molecule has 12 rings (SSSR count). The molecule has 12 aromatic rings. The molecule has 4 heterocycles. The molecule has 60 heavy (non-hydrogen) atoms. The summed E-state index contributed by atoms with van der Waals surface area (Å²) in [5.41, 5.74) is 17.8. The first-order chi connectivity index (χ1) is 28.9. The van der Waals surface area contributed by atoms with E-state index < -0.39 is 0 Å². The van der Waals surface area contributed by atoms with Gasteiger partial charge in [0.15, 0.2) is 0 Å². The third kappa shape index (κ3) is 5.21. The Labute approximate surface area is 360 Å². The zero-order valence-electron chi connectivity index (χ0n) is 33.4. The molecule has 0 saturated heterocycles. The van der Waals surface area contributed by atoms with Gasteiger partial charge in [-0.1, -0.05) is 143 Å². The second-order valence-corrected chi connectivity index (χ2v) is 15.8. The molecular formula is C54H36N4OPd. The van der Waals surface area contributed by atoms with E-state index >= 15 is 0 Å². The number of pyridine rings is 2. The molecule has 288 valence electrons. The smallest absolute Gasteiger partial charge is 0.497 e. The van der Waals surface area contributed by atoms with E-state index in [0.29, 0.717) is 11.5 Å². The SMILES string of the molecule is Cc1cccc(C)c1-c1cccc2c3ccc(Oc4[c-]c5c(cc4)c4cccc(-c6c(C)cccc6C)c4n4c6ccccc6nc54)[c-]c3c3nc4ccccc4n3c12.[Pd+2]. The van der Waals surface area contributed by atoms with E-state index in [4.69, 9.17) is 14.7 Å². The quantitative estimate of drug-likeness (QED) is 0.101. The Hall–Kier alpha value is -6.84. The van der Waals surface area contributed by atoms with Crippen LogP contribution < -0.4 is 4.74 Å². The zero-order valence-corrected chi connectivity index (χ0v) is 34.9. The van der Waals surface area contributed by atoms with Gasteiger partial charge < -0.3 is 13.5 Å². The van der Waals surface area contributed by atoms with E-state index in [2.05, 4.69) is 170 Å². The van der Waals surface area contributed by atoms with Crippen LogP contribution in [0, 0.1) is 39.8 Å². The van der Waals surface area contributed by atoms with Crippen LogP contribution in [0.4, 0.5) is 0 Å². The number of para-hydroxylation sites is 6. The van der Waals surface area contributed by atoms with Gasteiger partial charge in [-0.3, -0.25) is 9.97 Å². The first kappa shape index (κ1) is 36.3. The van der Waals surface area contributed by atoms with Gasteiger partial charge in [-0.2, -0.15) is 0 Å². The number of hydrogen-bond donors (Lipinski definition) is 0. The Balaban J connectivity index is 0.00000408. The average molecular weight is 863 g/mol. The van der Waals surface area contributed by atoms with Crippen LogP contribution in [0.3, 0.4) is 0 Å². The number of imidazole rings is 2. The number of hydrogen-bond acceptors (Lipinski definition) is 3. The van der Waals surface area contributed by atoms with Crippen LogP contribution in [0.1, 0.15) is 22.3 Å². The van der Waals surface area contributed by atoms with Gasteiger partial charge >= 0.3 is 20.4 Å². The minimum atomic E-state index is 0. The monoisotopic (exact) mass is 862 g/mol. The molecule has 6 heteroatoms. The van der Waals surface area contributed by atoms with Crippen molar-refractivity contribution < 1.29 is 25.2 Å². The number of ether oxygens (including phenoxy) is 1. The summed E-state index contributed by atoms with van der Waals surface area (Å²) in [4.78, 5) is 10.5. The summed E-state index contributed by atoms with van der Waals surface area (Å²) in [7, 11) is 0. The largest absolute Gasteiger partial charge is 2.00 e. The Morgan fingerprint density at radius 2 is 0.817 bits per heavy atom. The maximum absolute atomic E-state index is 6.73. The predicted octanol–water partition coefficient (Wildman–Crippen LogP) is 13.9. The maximum atomic E-state index is 6.73. The Kier molecular flexibility index (Phi) is 8.22. The minimum Gasteiger partial charge on any atom is -0.497 e. The molecule has 0 unspecified atom stereocenters. The third-order valence-corrected chi connectivity index (χ3v) is 12.2. The van der Waals surface area contributed by atoms with Crippen molar-refractivity contribution in [2.45, 2.75) is 27.7 Å². The normalized spacial score (nSPS) is 11.9. The zero-order chi connectivity index (χ0) is 39.5. The molecule has 0 amide bonds. The summed E-state index contributed by atoms with van der Waals surface area (Å²) in [6, 6.07) is 58.7. The van der Waals surface area contributed by atoms with Crippen molar-refractivity contribution in [2.75, 3.05) is 0 Å². The van der Waals surface area contributed by atoms with Gasteiger partial charge in [0.25, 0.3) is 0 Å². The molecule has 0 bridgehead atoms. The molecule has 0 aliphatic heterocycles. The fourth-order valence-corrected chi connectivity index (χ4v) is 9.71. The van der Waals surface area contributed by atoms with Crippen LogP contribution in [0.25, 0.3) is 99.0 Å². The molecule has 5 nitrogen and oxygen atoms in total.